The van der Waals surface area contributed by atoms with Crippen LogP contribution in [0.1, 0.15) is 21.5 Å². The maximum absolute atomic E-state index is 12.0. The van der Waals surface area contributed by atoms with Gasteiger partial charge in [0.2, 0.25) is 0 Å². The molecule has 5 nitrogen and oxygen atoms in total. The molecule has 0 saturated carbocycles. The molecule has 136 valence electrons. The Bertz CT molecular complexity index is 889. The van der Waals surface area contributed by atoms with Gasteiger partial charge < -0.3 is 9.47 Å². The standard InChI is InChI=1S/C22H20N2O3/c1-26-20-13-9-19(10-14-20)22(25)24-23-15-17-7-11-21(12-8-17)27-16-18-5-3-2-4-6-18/h2-15H,16H2,1H3,(H,24,25). The van der Waals surface area contributed by atoms with Crippen molar-refractivity contribution < 1.29 is 14.3 Å². The molecule has 0 heterocycles. The first-order valence-corrected chi connectivity index (χ1v) is 8.49. The van der Waals surface area contributed by atoms with Crippen molar-refractivity contribution in [1.29, 1.82) is 0 Å². The number of carbonyl (C=O) groups excluding carboxylic acids is 1. The molecule has 0 aliphatic carbocycles. The Labute approximate surface area is 158 Å². The van der Waals surface area contributed by atoms with Gasteiger partial charge in [-0.1, -0.05) is 30.3 Å². The summed E-state index contributed by atoms with van der Waals surface area (Å²) in [5.41, 5.74) is 4.99. The fourth-order valence-electron chi connectivity index (χ4n) is 2.36. The van der Waals surface area contributed by atoms with Gasteiger partial charge in [-0.25, -0.2) is 5.43 Å². The summed E-state index contributed by atoms with van der Waals surface area (Å²) < 4.78 is 10.8. The zero-order valence-electron chi connectivity index (χ0n) is 15.0. The number of ether oxygens (including phenoxy) is 2. The number of hydrogen-bond donors (Lipinski definition) is 1. The number of benzene rings is 3. The number of nitrogens with one attached hydrogen (secondary N) is 1. The van der Waals surface area contributed by atoms with Crippen molar-refractivity contribution in [3.63, 3.8) is 0 Å². The van der Waals surface area contributed by atoms with E-state index in [2.05, 4.69) is 10.5 Å². The number of hydrazone groups is 1. The molecule has 1 N–H and O–H groups in total. The third-order valence-electron chi connectivity index (χ3n) is 3.86. The van der Waals surface area contributed by atoms with Gasteiger partial charge in [0.25, 0.3) is 5.91 Å². The van der Waals surface area contributed by atoms with Gasteiger partial charge in [0.05, 0.1) is 13.3 Å². The van der Waals surface area contributed by atoms with Gasteiger partial charge in [0.1, 0.15) is 18.1 Å². The van der Waals surface area contributed by atoms with Crippen LogP contribution in [0.3, 0.4) is 0 Å². The predicted octanol–water partition coefficient (Wildman–Crippen LogP) is 4.04. The van der Waals surface area contributed by atoms with Crippen molar-refractivity contribution in [3.8, 4) is 11.5 Å². The van der Waals surface area contributed by atoms with Crippen molar-refractivity contribution in [1.82, 2.24) is 5.43 Å². The van der Waals surface area contributed by atoms with E-state index in [0.29, 0.717) is 17.9 Å². The molecule has 3 aromatic rings. The van der Waals surface area contributed by atoms with Crippen molar-refractivity contribution in [2.45, 2.75) is 6.61 Å². The average Bonchev–Trinajstić information content (AvgIpc) is 2.74. The maximum Gasteiger partial charge on any atom is 0.271 e. The molecule has 1 amide bonds. The van der Waals surface area contributed by atoms with Crippen molar-refractivity contribution >= 4 is 12.1 Å². The summed E-state index contributed by atoms with van der Waals surface area (Å²) in [6.45, 7) is 0.520. The molecule has 3 rings (SSSR count). The molecule has 0 aliphatic heterocycles. The van der Waals surface area contributed by atoms with Gasteiger partial charge in [-0.2, -0.15) is 5.10 Å². The molecule has 0 aromatic heterocycles. The van der Waals surface area contributed by atoms with E-state index < -0.39 is 0 Å². The van der Waals surface area contributed by atoms with Crippen LogP contribution in [0, 0.1) is 0 Å². The van der Waals surface area contributed by atoms with Gasteiger partial charge in [0.15, 0.2) is 0 Å². The van der Waals surface area contributed by atoms with E-state index in [0.717, 1.165) is 16.9 Å². The molecule has 0 unspecified atom stereocenters. The first-order valence-electron chi connectivity index (χ1n) is 8.49. The highest BCUT2D eigenvalue weighted by Crippen LogP contribution is 2.14. The van der Waals surface area contributed by atoms with Crippen LogP contribution < -0.4 is 14.9 Å². The molecule has 0 fully saturated rings. The van der Waals surface area contributed by atoms with Gasteiger partial charge in [-0.15, -0.1) is 0 Å². The van der Waals surface area contributed by atoms with Crippen LogP contribution in [-0.2, 0) is 6.61 Å². The molecule has 0 saturated heterocycles. The lowest BCUT2D eigenvalue weighted by Gasteiger charge is -2.06. The minimum atomic E-state index is -0.281. The second kappa shape index (κ2) is 9.20. The Balaban J connectivity index is 1.50. The van der Waals surface area contributed by atoms with Gasteiger partial charge in [-0.3, -0.25) is 4.79 Å². The lowest BCUT2D eigenvalue weighted by molar-refractivity contribution is 0.0955. The smallest absolute Gasteiger partial charge is 0.271 e. The summed E-state index contributed by atoms with van der Waals surface area (Å²) in [6, 6.07) is 24.3. The van der Waals surface area contributed by atoms with Crippen LogP contribution >= 0.6 is 0 Å². The molecular formula is C22H20N2O3. The molecule has 5 heteroatoms. The van der Waals surface area contributed by atoms with Gasteiger partial charge >= 0.3 is 0 Å². The highest BCUT2D eigenvalue weighted by Gasteiger charge is 2.03. The predicted molar refractivity (Wildman–Crippen MR) is 105 cm³/mol. The summed E-state index contributed by atoms with van der Waals surface area (Å²) in [4.78, 5) is 12.0. The Morgan fingerprint density at radius 3 is 2.26 bits per heavy atom. The summed E-state index contributed by atoms with van der Waals surface area (Å²) in [5.74, 6) is 1.19. The molecule has 0 bridgehead atoms. The molecule has 0 spiro atoms. The third-order valence-corrected chi connectivity index (χ3v) is 3.86. The molecule has 0 aliphatic rings. The summed E-state index contributed by atoms with van der Waals surface area (Å²) in [5, 5.41) is 3.99. The topological polar surface area (TPSA) is 59.9 Å². The van der Waals surface area contributed by atoms with Crippen molar-refractivity contribution in [2.75, 3.05) is 7.11 Å². The van der Waals surface area contributed by atoms with E-state index in [4.69, 9.17) is 9.47 Å². The number of methoxy groups -OCH3 is 1. The Morgan fingerprint density at radius 1 is 0.926 bits per heavy atom. The normalized spacial score (nSPS) is 10.6. The lowest BCUT2D eigenvalue weighted by Crippen LogP contribution is -2.17. The SMILES string of the molecule is COc1ccc(C(=O)NN=Cc2ccc(OCc3ccccc3)cc2)cc1. The average molecular weight is 360 g/mol. The van der Waals surface area contributed by atoms with E-state index in [1.54, 1.807) is 37.6 Å². The fraction of sp³-hybridized carbons (Fsp3) is 0.0909. The molecule has 27 heavy (non-hydrogen) atoms. The summed E-state index contributed by atoms with van der Waals surface area (Å²) >= 11 is 0. The quantitative estimate of drug-likeness (QED) is 0.511. The van der Waals surface area contributed by atoms with Gasteiger partial charge in [-0.05, 0) is 59.7 Å². The number of nitrogens with zero attached hydrogens (tertiary/aromatic N) is 1. The molecular weight excluding hydrogens is 340 g/mol. The fourth-order valence-corrected chi connectivity index (χ4v) is 2.36. The van der Waals surface area contributed by atoms with Crippen LogP contribution in [0.15, 0.2) is 84.0 Å². The lowest BCUT2D eigenvalue weighted by atomic mass is 10.2. The van der Waals surface area contributed by atoms with E-state index in [9.17, 15) is 4.79 Å². The minimum Gasteiger partial charge on any atom is -0.497 e. The van der Waals surface area contributed by atoms with E-state index in [1.165, 1.54) is 0 Å². The highest BCUT2D eigenvalue weighted by molar-refractivity contribution is 5.95. The van der Waals surface area contributed by atoms with Crippen LogP contribution in [-0.4, -0.2) is 19.2 Å². The second-order valence-corrected chi connectivity index (χ2v) is 5.77. The first-order chi connectivity index (χ1) is 13.2. The Hall–Kier alpha value is -3.60. The zero-order valence-corrected chi connectivity index (χ0v) is 15.0. The van der Waals surface area contributed by atoms with E-state index >= 15 is 0 Å². The Kier molecular flexibility index (Phi) is 6.20. The number of rotatable bonds is 7. The van der Waals surface area contributed by atoms with Crippen LogP contribution in [0.2, 0.25) is 0 Å². The minimum absolute atomic E-state index is 0.281. The van der Waals surface area contributed by atoms with Crippen molar-refractivity contribution in [2.24, 2.45) is 5.10 Å². The van der Waals surface area contributed by atoms with Crippen LogP contribution in [0.25, 0.3) is 0 Å². The number of amides is 1. The van der Waals surface area contributed by atoms with Crippen LogP contribution in [0.5, 0.6) is 11.5 Å². The largest absolute Gasteiger partial charge is 0.497 e. The molecule has 0 radical (unpaired) electrons. The third kappa shape index (κ3) is 5.44. The van der Waals surface area contributed by atoms with E-state index in [1.807, 2.05) is 54.6 Å². The van der Waals surface area contributed by atoms with E-state index in [-0.39, 0.29) is 5.91 Å². The first kappa shape index (κ1) is 18.2. The molecule has 3 aromatic carbocycles. The highest BCUT2D eigenvalue weighted by atomic mass is 16.5. The molecule has 0 atom stereocenters. The summed E-state index contributed by atoms with van der Waals surface area (Å²) in [6.07, 6.45) is 1.59. The van der Waals surface area contributed by atoms with Gasteiger partial charge in [0, 0.05) is 5.56 Å². The summed E-state index contributed by atoms with van der Waals surface area (Å²) in [7, 11) is 1.58. The van der Waals surface area contributed by atoms with Crippen LogP contribution in [0.4, 0.5) is 0 Å². The number of carbonyl (C=O) groups is 1. The maximum atomic E-state index is 12.0. The zero-order chi connectivity index (χ0) is 18.9. The number of hydrogen-bond acceptors (Lipinski definition) is 4. The van der Waals surface area contributed by atoms with Crippen molar-refractivity contribution in [3.05, 3.63) is 95.6 Å². The monoisotopic (exact) mass is 360 g/mol. The second-order valence-electron chi connectivity index (χ2n) is 5.77. The Morgan fingerprint density at radius 2 is 1.59 bits per heavy atom.